The standard InChI is InChI=1S/2C6H12N2O3.2C6H11NO3S.C5H7NO3.C5H5NO2.H2O/c1-7-4(3-5(9)10)6(11)8-2;1-7-4(6(10)11)3-5(9)8-2;1-7-6(10)4(11-2)3-5(8)9;1-7-5(8)3-4(11-2)6(9)10;1-6-4(7)2-3-5(8)9;1-6-4(7)2-3-5(6)8;/h4,7H,3H2,1-2H3,(H,8,11)(H,9,10);4,7H,3H2,1-2H3,(H,8,9)(H,10,11);4H,3H2,1-2H3,(H,7,10)(H,8,9);4H,3H2,1-2H3,(H,7,8)(H,9,10);2-3H,1H3,(H,6,7)(H,8,9);2-3H,1H3;1H2/b;;;;3-2-;;. The second kappa shape index (κ2) is 41.6. The topological polar surface area (TPSA) is 425 Å². The van der Waals surface area contributed by atoms with Gasteiger partial charge in [-0.25, -0.2) is 4.79 Å². The van der Waals surface area contributed by atoms with E-state index in [9.17, 15) is 57.5 Å². The molecule has 0 saturated heterocycles. The van der Waals surface area contributed by atoms with E-state index < -0.39 is 58.3 Å². The van der Waals surface area contributed by atoms with Crippen molar-refractivity contribution < 1.29 is 88.5 Å². The van der Waals surface area contributed by atoms with Gasteiger partial charge in [0.15, 0.2) is 0 Å². The van der Waals surface area contributed by atoms with E-state index in [1.807, 2.05) is 0 Å². The first kappa shape index (κ1) is 67.7. The molecule has 4 unspecified atom stereocenters. The number of hydrogen-bond donors (Lipinski definition) is 12. The molecule has 0 aromatic heterocycles. The number of rotatable bonds is 18. The number of thioether (sulfide) groups is 2. The molecule has 1 rings (SSSR count). The van der Waals surface area contributed by atoms with Gasteiger partial charge in [-0.2, -0.15) is 11.8 Å². The summed E-state index contributed by atoms with van der Waals surface area (Å²) in [6.07, 6.45) is 7.28. The molecule has 62 heavy (non-hydrogen) atoms. The van der Waals surface area contributed by atoms with Crippen LogP contribution in [0, 0.1) is 0 Å². The van der Waals surface area contributed by atoms with Gasteiger partial charge in [0.1, 0.15) is 11.3 Å². The summed E-state index contributed by atoms with van der Waals surface area (Å²) in [7, 11) is 11.8. The summed E-state index contributed by atoms with van der Waals surface area (Å²) in [6, 6.07) is -1.44. The first-order chi connectivity index (χ1) is 28.3. The van der Waals surface area contributed by atoms with E-state index >= 15 is 0 Å². The minimum absolute atomic E-state index is 0. The van der Waals surface area contributed by atoms with Crippen molar-refractivity contribution in [2.24, 2.45) is 0 Å². The third-order valence-electron chi connectivity index (χ3n) is 6.65. The highest BCUT2D eigenvalue weighted by molar-refractivity contribution is 8.00. The van der Waals surface area contributed by atoms with Gasteiger partial charge in [0.25, 0.3) is 11.8 Å². The highest BCUT2D eigenvalue weighted by Crippen LogP contribution is 2.11. The minimum Gasteiger partial charge on any atom is -0.481 e. The molecule has 1 heterocycles. The zero-order valence-corrected chi connectivity index (χ0v) is 37.5. The van der Waals surface area contributed by atoms with Gasteiger partial charge in [-0.3, -0.25) is 57.6 Å². The Hall–Kier alpha value is -6.10. The Balaban J connectivity index is -0.000000152. The van der Waals surface area contributed by atoms with Crippen molar-refractivity contribution in [1.82, 2.24) is 42.1 Å². The fourth-order valence-electron chi connectivity index (χ4n) is 3.12. The van der Waals surface area contributed by atoms with Crippen molar-refractivity contribution in [2.75, 3.05) is 68.9 Å². The van der Waals surface area contributed by atoms with Crippen LogP contribution in [0.4, 0.5) is 0 Å². The first-order valence-electron chi connectivity index (χ1n) is 17.1. The lowest BCUT2D eigenvalue weighted by Gasteiger charge is -2.10. The van der Waals surface area contributed by atoms with Gasteiger partial charge in [0, 0.05) is 73.0 Å². The van der Waals surface area contributed by atoms with Crippen LogP contribution in [0.15, 0.2) is 24.3 Å². The van der Waals surface area contributed by atoms with Crippen molar-refractivity contribution in [1.29, 1.82) is 0 Å². The number of aliphatic carboxylic acids is 5. The van der Waals surface area contributed by atoms with Crippen LogP contribution < -0.4 is 37.2 Å². The van der Waals surface area contributed by atoms with Crippen molar-refractivity contribution in [3.8, 4) is 0 Å². The maximum Gasteiger partial charge on any atom is 0.328 e. The molecule has 0 radical (unpaired) electrons. The van der Waals surface area contributed by atoms with Crippen LogP contribution in [-0.2, 0) is 57.5 Å². The molecule has 0 bridgehead atoms. The summed E-state index contributed by atoms with van der Waals surface area (Å²) in [6.45, 7) is 0. The molecule has 7 amide bonds. The molecule has 0 fully saturated rings. The second-order valence-corrected chi connectivity index (χ2v) is 12.9. The number of likely N-dealkylation sites (N-methyl/N-ethyl adjacent to an activating group) is 5. The van der Waals surface area contributed by atoms with E-state index in [0.29, 0.717) is 0 Å². The fraction of sp³-hybridized carbons (Fsp3) is 0.529. The van der Waals surface area contributed by atoms with Crippen LogP contribution in [0.25, 0.3) is 0 Å². The van der Waals surface area contributed by atoms with Gasteiger partial charge in [0.2, 0.25) is 29.5 Å². The summed E-state index contributed by atoms with van der Waals surface area (Å²) in [5, 5.41) is 57.4. The van der Waals surface area contributed by atoms with Gasteiger partial charge in [-0.15, -0.1) is 11.8 Å². The smallest absolute Gasteiger partial charge is 0.328 e. The fourth-order valence-corrected chi connectivity index (χ4v) is 4.29. The Morgan fingerprint density at radius 1 is 0.565 bits per heavy atom. The number of carboxylic acids is 5. The van der Waals surface area contributed by atoms with Crippen LogP contribution >= 0.6 is 23.5 Å². The molecule has 0 aliphatic carbocycles. The van der Waals surface area contributed by atoms with Crippen molar-refractivity contribution in [2.45, 2.75) is 48.3 Å². The van der Waals surface area contributed by atoms with Crippen molar-refractivity contribution in [3.05, 3.63) is 24.3 Å². The average Bonchev–Trinajstić information content (AvgIpc) is 3.52. The van der Waals surface area contributed by atoms with E-state index in [0.717, 1.165) is 28.8 Å². The molecule has 0 aromatic rings. The average molecular weight is 933 g/mol. The predicted molar refractivity (Wildman–Crippen MR) is 227 cm³/mol. The highest BCUT2D eigenvalue weighted by atomic mass is 32.2. The molecule has 356 valence electrons. The zero-order valence-electron chi connectivity index (χ0n) is 35.8. The predicted octanol–water partition coefficient (Wildman–Crippen LogP) is -4.44. The summed E-state index contributed by atoms with van der Waals surface area (Å²) >= 11 is 2.40. The van der Waals surface area contributed by atoms with E-state index in [1.54, 1.807) is 19.6 Å². The summed E-state index contributed by atoms with van der Waals surface area (Å²) < 4.78 is 0. The molecular weight excluding hydrogens is 873 g/mol. The molecule has 14 N–H and O–H groups in total. The van der Waals surface area contributed by atoms with E-state index in [-0.39, 0.29) is 66.6 Å². The van der Waals surface area contributed by atoms with Crippen molar-refractivity contribution >= 4 is 94.7 Å². The number of nitrogens with one attached hydrogen (secondary N) is 7. The number of nitrogens with zero attached hydrogens (tertiary/aromatic N) is 1. The number of amides is 7. The maximum atomic E-state index is 10.9. The molecule has 0 aromatic carbocycles. The molecule has 1 aliphatic heterocycles. The summed E-state index contributed by atoms with van der Waals surface area (Å²) in [4.78, 5) is 126. The Labute approximate surface area is 366 Å². The van der Waals surface area contributed by atoms with Gasteiger partial charge >= 0.3 is 29.8 Å². The quantitative estimate of drug-likeness (QED) is 0.0456. The van der Waals surface area contributed by atoms with Crippen LogP contribution in [-0.4, -0.2) is 199 Å². The zero-order chi connectivity index (χ0) is 48.8. The largest absolute Gasteiger partial charge is 0.481 e. The molecular formula is C34H60N8O18S2. The molecule has 28 heteroatoms. The van der Waals surface area contributed by atoms with Gasteiger partial charge in [-0.05, 0) is 26.6 Å². The Morgan fingerprint density at radius 3 is 1.24 bits per heavy atom. The van der Waals surface area contributed by atoms with Gasteiger partial charge in [0.05, 0.1) is 30.6 Å². The third kappa shape index (κ3) is 39.4. The molecule has 1 aliphatic rings. The van der Waals surface area contributed by atoms with Crippen LogP contribution in [0.5, 0.6) is 0 Å². The molecule has 4 atom stereocenters. The monoisotopic (exact) mass is 932 g/mol. The normalized spacial score (nSPS) is 12.4. The number of imide groups is 1. The van der Waals surface area contributed by atoms with Crippen LogP contribution in [0.2, 0.25) is 0 Å². The second-order valence-electron chi connectivity index (χ2n) is 10.8. The lowest BCUT2D eigenvalue weighted by molar-refractivity contribution is -0.141. The van der Waals surface area contributed by atoms with E-state index in [2.05, 4.69) is 37.2 Å². The van der Waals surface area contributed by atoms with Gasteiger partial charge < -0.3 is 68.2 Å². The third-order valence-corrected chi connectivity index (χ3v) is 8.54. The number of carbonyl (C=O) groups is 12. The Morgan fingerprint density at radius 2 is 0.984 bits per heavy atom. The van der Waals surface area contributed by atoms with E-state index in [4.69, 9.17) is 25.5 Å². The Bertz CT molecular complexity index is 1440. The molecule has 0 saturated carbocycles. The SMILES string of the molecule is CN1C(=O)C=CC1=O.CNC(=O)/C=C\C(=O)O.CNC(=O)C(CC(=O)O)NC.CNC(=O)C(CC(=O)O)SC.CNC(=O)CC(NC)C(=O)O.CNC(=O)CC(SC)C(=O)O.O. The summed E-state index contributed by atoms with van der Waals surface area (Å²) in [5.74, 6) is -7.01. The lowest BCUT2D eigenvalue weighted by Crippen LogP contribution is -2.42. The molecule has 0 spiro atoms. The van der Waals surface area contributed by atoms with Crippen LogP contribution in [0.3, 0.4) is 0 Å². The Kier molecular flexibility index (Phi) is 45.4. The lowest BCUT2D eigenvalue weighted by atomic mass is 10.2. The van der Waals surface area contributed by atoms with Crippen LogP contribution in [0.1, 0.15) is 25.7 Å². The van der Waals surface area contributed by atoms with E-state index in [1.165, 1.54) is 73.2 Å². The van der Waals surface area contributed by atoms with Gasteiger partial charge in [-0.1, -0.05) is 0 Å². The van der Waals surface area contributed by atoms with Crippen molar-refractivity contribution in [3.63, 3.8) is 0 Å². The maximum absolute atomic E-state index is 10.9. The number of carbonyl (C=O) groups excluding carboxylic acids is 7. The number of hydrogen-bond acceptors (Lipinski definition) is 16. The number of carboxylic acid groups (broad SMARTS) is 5. The minimum atomic E-state index is -1.13. The molecule has 26 nitrogen and oxygen atoms in total. The highest BCUT2D eigenvalue weighted by Gasteiger charge is 2.21. The summed E-state index contributed by atoms with van der Waals surface area (Å²) in [5.41, 5.74) is 0. The first-order valence-corrected chi connectivity index (χ1v) is 19.7.